The Labute approximate surface area is 109 Å². The Morgan fingerprint density at radius 1 is 1.47 bits per heavy atom. The van der Waals surface area contributed by atoms with Crippen LogP contribution in [-0.4, -0.2) is 9.36 Å². The van der Waals surface area contributed by atoms with Crippen LogP contribution in [0, 0.1) is 8.83 Å². The van der Waals surface area contributed by atoms with Crippen LogP contribution in [0.2, 0.25) is 0 Å². The fourth-order valence-electron chi connectivity index (χ4n) is 0.996. The molecule has 0 saturated heterocycles. The molecule has 0 bridgehead atoms. The summed E-state index contributed by atoms with van der Waals surface area (Å²) < 4.78 is 17.9. The van der Waals surface area contributed by atoms with Gasteiger partial charge in [-0.3, -0.25) is 0 Å². The molecule has 0 aliphatic rings. The van der Waals surface area contributed by atoms with Crippen LogP contribution in [0.3, 0.4) is 0 Å². The van der Waals surface area contributed by atoms with Gasteiger partial charge in [-0.1, -0.05) is 6.07 Å². The molecule has 1 aromatic heterocycles. The van der Waals surface area contributed by atoms with Gasteiger partial charge in [0, 0.05) is 4.90 Å². The molecule has 1 heterocycles. The summed E-state index contributed by atoms with van der Waals surface area (Å²) in [7, 11) is 0. The molecule has 0 saturated carbocycles. The van der Waals surface area contributed by atoms with Gasteiger partial charge in [-0.15, -0.1) is 11.8 Å². The summed E-state index contributed by atoms with van der Waals surface area (Å²) >= 11 is 5.06. The van der Waals surface area contributed by atoms with Gasteiger partial charge in [-0.25, -0.2) is 9.37 Å². The summed E-state index contributed by atoms with van der Waals surface area (Å²) in [5.74, 6) is 1.28. The normalized spacial score (nSPS) is 10.5. The molecule has 0 aliphatic carbocycles. The number of hydrogen-bond donors (Lipinski definition) is 0. The predicted octanol–water partition coefficient (Wildman–Crippen LogP) is 3.57. The van der Waals surface area contributed by atoms with Crippen molar-refractivity contribution in [3.05, 3.63) is 38.9 Å². The number of aromatic nitrogens is 2. The van der Waals surface area contributed by atoms with Gasteiger partial charge in [-0.2, -0.15) is 4.37 Å². The lowest BCUT2D eigenvalue weighted by Gasteiger charge is -1.97. The zero-order valence-corrected chi connectivity index (χ0v) is 11.3. The molecule has 0 spiro atoms. The standard InChI is InChI=1S/C9H6FIN2S2/c10-6-2-1-3-7(4-6)14-5-8-12-9(11)15-13-8/h1-4H,5H2. The van der Waals surface area contributed by atoms with Gasteiger partial charge in [0.2, 0.25) is 0 Å². The quantitative estimate of drug-likeness (QED) is 0.624. The Morgan fingerprint density at radius 2 is 2.33 bits per heavy atom. The maximum Gasteiger partial charge on any atom is 0.174 e. The second-order valence-corrected chi connectivity index (χ2v) is 6.26. The lowest BCUT2D eigenvalue weighted by atomic mass is 10.4. The van der Waals surface area contributed by atoms with E-state index in [2.05, 4.69) is 31.9 Å². The molecule has 0 unspecified atom stereocenters. The highest BCUT2D eigenvalue weighted by atomic mass is 127. The molecule has 0 radical (unpaired) electrons. The minimum atomic E-state index is -0.208. The molecule has 78 valence electrons. The van der Waals surface area contributed by atoms with Crippen molar-refractivity contribution < 1.29 is 4.39 Å². The fourth-order valence-corrected chi connectivity index (χ4v) is 2.88. The van der Waals surface area contributed by atoms with E-state index in [0.717, 1.165) is 13.7 Å². The predicted molar refractivity (Wildman–Crippen MR) is 68.6 cm³/mol. The van der Waals surface area contributed by atoms with E-state index in [9.17, 15) is 4.39 Å². The molecule has 0 amide bonds. The van der Waals surface area contributed by atoms with Crippen molar-refractivity contribution in [3.8, 4) is 0 Å². The van der Waals surface area contributed by atoms with Crippen molar-refractivity contribution in [1.82, 2.24) is 9.36 Å². The number of thioether (sulfide) groups is 1. The summed E-state index contributed by atoms with van der Waals surface area (Å²) in [6, 6.07) is 6.54. The van der Waals surface area contributed by atoms with Gasteiger partial charge in [0.1, 0.15) is 5.82 Å². The van der Waals surface area contributed by atoms with Crippen LogP contribution in [-0.2, 0) is 5.75 Å². The Morgan fingerprint density at radius 3 is 3.00 bits per heavy atom. The lowest BCUT2D eigenvalue weighted by molar-refractivity contribution is 0.624. The number of nitrogens with zero attached hydrogens (tertiary/aromatic N) is 2. The van der Waals surface area contributed by atoms with Crippen molar-refractivity contribution in [2.45, 2.75) is 10.6 Å². The first kappa shape index (κ1) is 11.3. The van der Waals surface area contributed by atoms with E-state index in [4.69, 9.17) is 0 Å². The highest BCUT2D eigenvalue weighted by Gasteiger charge is 2.02. The van der Waals surface area contributed by atoms with Crippen LogP contribution < -0.4 is 0 Å². The van der Waals surface area contributed by atoms with E-state index in [-0.39, 0.29) is 5.82 Å². The molecule has 0 N–H and O–H groups in total. The van der Waals surface area contributed by atoms with Crippen molar-refractivity contribution in [2.24, 2.45) is 0 Å². The highest BCUT2D eigenvalue weighted by Crippen LogP contribution is 2.22. The third kappa shape index (κ3) is 3.39. The smallest absolute Gasteiger partial charge is 0.174 e. The monoisotopic (exact) mass is 352 g/mol. The number of halogens is 2. The summed E-state index contributed by atoms with van der Waals surface area (Å²) in [5, 5.41) is 0. The van der Waals surface area contributed by atoms with Crippen LogP contribution in [0.5, 0.6) is 0 Å². The van der Waals surface area contributed by atoms with Crippen LogP contribution in [0.4, 0.5) is 4.39 Å². The van der Waals surface area contributed by atoms with Gasteiger partial charge >= 0.3 is 0 Å². The summed E-state index contributed by atoms with van der Waals surface area (Å²) in [4.78, 5) is 5.13. The largest absolute Gasteiger partial charge is 0.213 e. The average Bonchev–Trinajstić information content (AvgIpc) is 2.62. The molecule has 6 heteroatoms. The van der Waals surface area contributed by atoms with Gasteiger partial charge < -0.3 is 0 Å². The van der Waals surface area contributed by atoms with Crippen molar-refractivity contribution in [2.75, 3.05) is 0 Å². The van der Waals surface area contributed by atoms with E-state index in [1.165, 1.54) is 35.4 Å². The van der Waals surface area contributed by atoms with Crippen LogP contribution in [0.15, 0.2) is 29.2 Å². The summed E-state index contributed by atoms with van der Waals surface area (Å²) in [6.07, 6.45) is 0. The van der Waals surface area contributed by atoms with Crippen molar-refractivity contribution in [1.29, 1.82) is 0 Å². The average molecular weight is 352 g/mol. The molecular weight excluding hydrogens is 346 g/mol. The second kappa shape index (κ2) is 5.22. The highest BCUT2D eigenvalue weighted by molar-refractivity contribution is 14.1. The van der Waals surface area contributed by atoms with Crippen molar-refractivity contribution >= 4 is 45.9 Å². The molecule has 0 aliphatic heterocycles. The Kier molecular flexibility index (Phi) is 3.92. The van der Waals surface area contributed by atoms with Crippen LogP contribution >= 0.6 is 45.9 Å². The lowest BCUT2D eigenvalue weighted by Crippen LogP contribution is -1.84. The Balaban J connectivity index is 1.99. The maximum atomic E-state index is 12.9. The van der Waals surface area contributed by atoms with Gasteiger partial charge in [0.15, 0.2) is 8.84 Å². The minimum absolute atomic E-state index is 0.208. The number of rotatable bonds is 3. The van der Waals surface area contributed by atoms with Crippen LogP contribution in [0.25, 0.3) is 0 Å². The number of benzene rings is 1. The third-order valence-electron chi connectivity index (χ3n) is 1.61. The second-order valence-electron chi connectivity index (χ2n) is 2.71. The van der Waals surface area contributed by atoms with E-state index >= 15 is 0 Å². The van der Waals surface area contributed by atoms with Gasteiger partial charge in [0.05, 0.1) is 5.75 Å². The molecule has 0 fully saturated rings. The van der Waals surface area contributed by atoms with Crippen molar-refractivity contribution in [3.63, 3.8) is 0 Å². The molecular formula is C9H6FIN2S2. The molecule has 2 aromatic rings. The first-order valence-corrected chi connectivity index (χ1v) is 6.94. The van der Waals surface area contributed by atoms with E-state index in [1.807, 2.05) is 6.07 Å². The SMILES string of the molecule is Fc1cccc(SCc2nsc(I)n2)c1. The topological polar surface area (TPSA) is 25.8 Å². The first-order valence-electron chi connectivity index (χ1n) is 4.10. The third-order valence-corrected chi connectivity index (χ3v) is 3.97. The minimum Gasteiger partial charge on any atom is -0.213 e. The number of hydrogen-bond acceptors (Lipinski definition) is 4. The van der Waals surface area contributed by atoms with E-state index < -0.39 is 0 Å². The van der Waals surface area contributed by atoms with Crippen LogP contribution in [0.1, 0.15) is 5.82 Å². The molecule has 15 heavy (non-hydrogen) atoms. The molecule has 2 rings (SSSR count). The fraction of sp³-hybridized carbons (Fsp3) is 0.111. The van der Waals surface area contributed by atoms with Gasteiger partial charge in [0.25, 0.3) is 0 Å². The zero-order valence-electron chi connectivity index (χ0n) is 7.48. The molecule has 0 atom stereocenters. The van der Waals surface area contributed by atoms with Gasteiger partial charge in [-0.05, 0) is 52.3 Å². The van der Waals surface area contributed by atoms with E-state index in [1.54, 1.807) is 6.07 Å². The Hall–Kier alpha value is -0.210. The Bertz CT molecular complexity index is 461. The summed E-state index contributed by atoms with van der Waals surface area (Å²) in [5.41, 5.74) is 0. The molecule has 2 nitrogen and oxygen atoms in total. The zero-order chi connectivity index (χ0) is 10.7. The summed E-state index contributed by atoms with van der Waals surface area (Å²) in [6.45, 7) is 0. The first-order chi connectivity index (χ1) is 7.24. The molecule has 1 aromatic carbocycles. The van der Waals surface area contributed by atoms with E-state index in [0.29, 0.717) is 5.75 Å². The maximum absolute atomic E-state index is 12.9.